The van der Waals surface area contributed by atoms with Crippen molar-refractivity contribution in [1.29, 1.82) is 0 Å². The molecule has 0 aliphatic carbocycles. The number of imidazole rings is 1. The molecule has 0 radical (unpaired) electrons. The van der Waals surface area contributed by atoms with Crippen LogP contribution in [0, 0.1) is 0 Å². The summed E-state index contributed by atoms with van der Waals surface area (Å²) in [6.45, 7) is 3.10. The Kier molecular flexibility index (Phi) is 2.18. The summed E-state index contributed by atoms with van der Waals surface area (Å²) in [6.07, 6.45) is 1.51. The van der Waals surface area contributed by atoms with Crippen molar-refractivity contribution in [3.8, 4) is 0 Å². The molecule has 2 heterocycles. The summed E-state index contributed by atoms with van der Waals surface area (Å²) in [5.74, 6) is -0.416. The number of carboxylic acids is 1. The predicted octanol–water partition coefficient (Wildman–Crippen LogP) is -0.0566. The number of carbonyl (C=O) groups is 2. The summed E-state index contributed by atoms with van der Waals surface area (Å²) in [5.41, 5.74) is 0.0374. The van der Waals surface area contributed by atoms with E-state index in [1.54, 1.807) is 9.47 Å². The van der Waals surface area contributed by atoms with E-state index >= 15 is 0 Å². The number of aromatic carboxylic acids is 1. The minimum absolute atomic E-state index is 0.0128. The molecule has 6 heteroatoms. The highest BCUT2D eigenvalue weighted by atomic mass is 16.4. The zero-order chi connectivity index (χ0) is 11.0. The fraction of sp³-hybridized carbons (Fsp3) is 0.444. The standard InChI is InChI=1S/C9H11N3O3/c1-6(13)11-2-3-12-4-7(9(14)15)10-8(12)5-11/h4H,2-3,5H2,1H3,(H,14,15). The van der Waals surface area contributed by atoms with E-state index in [4.69, 9.17) is 5.11 Å². The van der Waals surface area contributed by atoms with Crippen LogP contribution in [0.4, 0.5) is 0 Å². The normalized spacial score (nSPS) is 14.9. The predicted molar refractivity (Wildman–Crippen MR) is 50.3 cm³/mol. The first-order valence-corrected chi connectivity index (χ1v) is 4.63. The van der Waals surface area contributed by atoms with Crippen LogP contribution in [-0.4, -0.2) is 38.0 Å². The van der Waals surface area contributed by atoms with Crippen LogP contribution in [0.1, 0.15) is 23.2 Å². The molecule has 1 aromatic heterocycles. The number of aromatic nitrogens is 2. The number of amides is 1. The lowest BCUT2D eigenvalue weighted by atomic mass is 10.3. The van der Waals surface area contributed by atoms with E-state index < -0.39 is 5.97 Å². The van der Waals surface area contributed by atoms with Crippen molar-refractivity contribution in [2.45, 2.75) is 20.0 Å². The van der Waals surface area contributed by atoms with Crippen LogP contribution in [-0.2, 0) is 17.9 Å². The first-order chi connectivity index (χ1) is 7.08. The topological polar surface area (TPSA) is 75.4 Å². The molecule has 1 amide bonds. The van der Waals surface area contributed by atoms with Crippen molar-refractivity contribution in [1.82, 2.24) is 14.5 Å². The Bertz CT molecular complexity index is 424. The van der Waals surface area contributed by atoms with E-state index in [1.807, 2.05) is 0 Å². The van der Waals surface area contributed by atoms with Crippen molar-refractivity contribution >= 4 is 11.9 Å². The maximum Gasteiger partial charge on any atom is 0.356 e. The van der Waals surface area contributed by atoms with E-state index in [1.165, 1.54) is 13.1 Å². The van der Waals surface area contributed by atoms with Gasteiger partial charge in [-0.3, -0.25) is 4.79 Å². The highest BCUT2D eigenvalue weighted by Gasteiger charge is 2.21. The second-order valence-corrected chi connectivity index (χ2v) is 3.48. The molecule has 0 bridgehead atoms. The minimum Gasteiger partial charge on any atom is -0.476 e. The van der Waals surface area contributed by atoms with E-state index in [9.17, 15) is 9.59 Å². The molecule has 1 N–H and O–H groups in total. The summed E-state index contributed by atoms with van der Waals surface area (Å²) in [4.78, 5) is 27.4. The quantitative estimate of drug-likeness (QED) is 0.703. The molecule has 15 heavy (non-hydrogen) atoms. The Morgan fingerprint density at radius 1 is 1.47 bits per heavy atom. The van der Waals surface area contributed by atoms with Gasteiger partial charge in [0.15, 0.2) is 5.69 Å². The van der Waals surface area contributed by atoms with E-state index in [0.717, 1.165) is 0 Å². The number of rotatable bonds is 1. The molecule has 0 unspecified atom stereocenters. The molecule has 0 saturated carbocycles. The number of carbonyl (C=O) groups excluding carboxylic acids is 1. The lowest BCUT2D eigenvalue weighted by Crippen LogP contribution is -2.36. The van der Waals surface area contributed by atoms with Crippen LogP contribution in [0.5, 0.6) is 0 Å². The Morgan fingerprint density at radius 2 is 2.20 bits per heavy atom. The van der Waals surface area contributed by atoms with Crippen LogP contribution in [0.2, 0.25) is 0 Å². The lowest BCUT2D eigenvalue weighted by molar-refractivity contribution is -0.130. The van der Waals surface area contributed by atoms with Gasteiger partial charge in [-0.1, -0.05) is 0 Å². The molecule has 2 rings (SSSR count). The van der Waals surface area contributed by atoms with E-state index in [0.29, 0.717) is 25.5 Å². The molecule has 1 aliphatic rings. The average Bonchev–Trinajstić information content (AvgIpc) is 2.59. The third-order valence-corrected chi connectivity index (χ3v) is 2.47. The van der Waals surface area contributed by atoms with Gasteiger partial charge in [-0.15, -0.1) is 0 Å². The molecule has 0 saturated heterocycles. The Labute approximate surface area is 86.1 Å². The molecule has 1 aromatic rings. The number of nitrogens with zero attached hydrogens (tertiary/aromatic N) is 3. The SMILES string of the molecule is CC(=O)N1CCn2cc(C(=O)O)nc2C1. The zero-order valence-electron chi connectivity index (χ0n) is 8.30. The third kappa shape index (κ3) is 1.70. The highest BCUT2D eigenvalue weighted by Crippen LogP contribution is 2.12. The van der Waals surface area contributed by atoms with Crippen LogP contribution < -0.4 is 0 Å². The second kappa shape index (κ2) is 3.38. The van der Waals surface area contributed by atoms with Crippen LogP contribution in [0.25, 0.3) is 0 Å². The molecule has 0 spiro atoms. The summed E-state index contributed by atoms with van der Waals surface area (Å²) in [7, 11) is 0. The van der Waals surface area contributed by atoms with Gasteiger partial charge in [0.2, 0.25) is 5.91 Å². The van der Waals surface area contributed by atoms with Gasteiger partial charge < -0.3 is 14.6 Å². The molecule has 1 aliphatic heterocycles. The first-order valence-electron chi connectivity index (χ1n) is 4.63. The number of fused-ring (bicyclic) bond motifs is 1. The van der Waals surface area contributed by atoms with Gasteiger partial charge in [-0.05, 0) is 0 Å². The van der Waals surface area contributed by atoms with E-state index in [-0.39, 0.29) is 11.6 Å². The van der Waals surface area contributed by atoms with Gasteiger partial charge in [-0.25, -0.2) is 9.78 Å². The molecule has 0 aromatic carbocycles. The van der Waals surface area contributed by atoms with Crippen LogP contribution in [0.15, 0.2) is 6.20 Å². The monoisotopic (exact) mass is 209 g/mol. The van der Waals surface area contributed by atoms with Gasteiger partial charge in [0.25, 0.3) is 0 Å². The minimum atomic E-state index is -1.04. The van der Waals surface area contributed by atoms with Crippen molar-refractivity contribution in [2.75, 3.05) is 6.54 Å². The van der Waals surface area contributed by atoms with Crippen LogP contribution >= 0.6 is 0 Å². The fourth-order valence-corrected chi connectivity index (χ4v) is 1.62. The summed E-state index contributed by atoms with van der Waals surface area (Å²) < 4.78 is 1.78. The Balaban J connectivity index is 2.26. The third-order valence-electron chi connectivity index (χ3n) is 2.47. The summed E-state index contributed by atoms with van der Waals surface area (Å²) in [6, 6.07) is 0. The van der Waals surface area contributed by atoms with Crippen molar-refractivity contribution in [3.63, 3.8) is 0 Å². The van der Waals surface area contributed by atoms with Crippen molar-refractivity contribution in [2.24, 2.45) is 0 Å². The summed E-state index contributed by atoms with van der Waals surface area (Å²) in [5, 5.41) is 8.75. The maximum absolute atomic E-state index is 11.1. The number of hydrogen-bond donors (Lipinski definition) is 1. The molecule has 6 nitrogen and oxygen atoms in total. The molecule has 0 fully saturated rings. The highest BCUT2D eigenvalue weighted by molar-refractivity contribution is 5.85. The average molecular weight is 209 g/mol. The van der Waals surface area contributed by atoms with Gasteiger partial charge in [-0.2, -0.15) is 0 Å². The number of hydrogen-bond acceptors (Lipinski definition) is 3. The van der Waals surface area contributed by atoms with Gasteiger partial charge in [0, 0.05) is 26.2 Å². The molecular formula is C9H11N3O3. The number of carboxylic acid groups (broad SMARTS) is 1. The zero-order valence-corrected chi connectivity index (χ0v) is 8.30. The van der Waals surface area contributed by atoms with E-state index in [2.05, 4.69) is 4.98 Å². The fourth-order valence-electron chi connectivity index (χ4n) is 1.62. The molecule has 80 valence electrons. The summed E-state index contributed by atoms with van der Waals surface area (Å²) >= 11 is 0. The second-order valence-electron chi connectivity index (χ2n) is 3.48. The van der Waals surface area contributed by atoms with Crippen LogP contribution in [0.3, 0.4) is 0 Å². The van der Waals surface area contributed by atoms with Gasteiger partial charge in [0.05, 0.1) is 6.54 Å². The Morgan fingerprint density at radius 3 is 2.80 bits per heavy atom. The smallest absolute Gasteiger partial charge is 0.356 e. The largest absolute Gasteiger partial charge is 0.476 e. The van der Waals surface area contributed by atoms with Crippen molar-refractivity contribution in [3.05, 3.63) is 17.7 Å². The van der Waals surface area contributed by atoms with Gasteiger partial charge >= 0.3 is 5.97 Å². The maximum atomic E-state index is 11.1. The van der Waals surface area contributed by atoms with Crippen molar-refractivity contribution < 1.29 is 14.7 Å². The molecular weight excluding hydrogens is 198 g/mol. The lowest BCUT2D eigenvalue weighted by Gasteiger charge is -2.26. The Hall–Kier alpha value is -1.85. The molecule has 0 atom stereocenters. The van der Waals surface area contributed by atoms with Gasteiger partial charge in [0.1, 0.15) is 5.82 Å². The first kappa shape index (κ1) is 9.70.